The lowest BCUT2D eigenvalue weighted by Crippen LogP contribution is -2.23. The van der Waals surface area contributed by atoms with E-state index in [1.54, 1.807) is 25.2 Å². The van der Waals surface area contributed by atoms with Gasteiger partial charge in [-0.1, -0.05) is 18.2 Å². The minimum absolute atomic E-state index is 0.135. The number of nitrogens with one attached hydrogen (secondary N) is 1. The highest BCUT2D eigenvalue weighted by Gasteiger charge is 2.18. The predicted octanol–water partition coefficient (Wildman–Crippen LogP) is 3.98. The summed E-state index contributed by atoms with van der Waals surface area (Å²) in [4.78, 5) is 17.3. The predicted molar refractivity (Wildman–Crippen MR) is 101 cm³/mol. The molecule has 2 aromatic carbocycles. The van der Waals surface area contributed by atoms with Crippen LogP contribution in [0.25, 0.3) is 22.3 Å². The average Bonchev–Trinajstić information content (AvgIpc) is 3.08. The Morgan fingerprint density at radius 2 is 1.86 bits per heavy atom. The summed E-state index contributed by atoms with van der Waals surface area (Å²) in [5, 5.41) is 7.20. The molecule has 0 bridgehead atoms. The second-order valence-corrected chi connectivity index (χ2v) is 6.46. The molecule has 4 aromatic rings. The van der Waals surface area contributed by atoms with Crippen LogP contribution < -0.4 is 5.32 Å². The summed E-state index contributed by atoms with van der Waals surface area (Å²) >= 11 is 0. The zero-order valence-electron chi connectivity index (χ0n) is 15.3. The maximum absolute atomic E-state index is 14.2. The Kier molecular flexibility index (Phi) is 4.75. The highest BCUT2D eigenvalue weighted by molar-refractivity contribution is 6.06. The van der Waals surface area contributed by atoms with Crippen molar-refractivity contribution in [2.75, 3.05) is 0 Å². The molecule has 0 atom stereocenters. The first-order valence-corrected chi connectivity index (χ1v) is 8.74. The van der Waals surface area contributed by atoms with Crippen LogP contribution in [0.2, 0.25) is 0 Å². The summed E-state index contributed by atoms with van der Waals surface area (Å²) in [5.41, 5.74) is 1.30. The van der Waals surface area contributed by atoms with Crippen molar-refractivity contribution < 1.29 is 18.0 Å². The normalized spacial score (nSPS) is 11.0. The molecule has 0 radical (unpaired) electrons. The Morgan fingerprint density at radius 1 is 1.07 bits per heavy atom. The number of carbonyl (C=O) groups is 1. The fraction of sp³-hybridized carbons (Fsp3) is 0.0952. The first kappa shape index (κ1) is 18.7. The number of carbonyl (C=O) groups excluding carboxylic acids is 1. The van der Waals surface area contributed by atoms with Gasteiger partial charge in [-0.25, -0.2) is 18.2 Å². The van der Waals surface area contributed by atoms with Gasteiger partial charge in [0.25, 0.3) is 5.91 Å². The van der Waals surface area contributed by atoms with Crippen LogP contribution in [0, 0.1) is 17.5 Å². The Hall–Kier alpha value is -3.68. The Morgan fingerprint density at radius 3 is 2.62 bits per heavy atom. The summed E-state index contributed by atoms with van der Waals surface area (Å²) in [5.74, 6) is -2.43. The van der Waals surface area contributed by atoms with E-state index >= 15 is 0 Å². The van der Waals surface area contributed by atoms with Crippen LogP contribution in [-0.4, -0.2) is 20.7 Å². The van der Waals surface area contributed by atoms with E-state index in [-0.39, 0.29) is 28.9 Å². The van der Waals surface area contributed by atoms with Crippen LogP contribution in [-0.2, 0) is 13.6 Å². The summed E-state index contributed by atoms with van der Waals surface area (Å²) in [6, 6.07) is 10.7. The Balaban J connectivity index is 1.72. The molecule has 2 heterocycles. The molecule has 0 aliphatic heterocycles. The van der Waals surface area contributed by atoms with Gasteiger partial charge in [-0.2, -0.15) is 5.10 Å². The maximum atomic E-state index is 14.2. The van der Waals surface area contributed by atoms with E-state index in [4.69, 9.17) is 0 Å². The molecule has 2 aromatic heterocycles. The smallest absolute Gasteiger partial charge is 0.252 e. The summed E-state index contributed by atoms with van der Waals surface area (Å²) in [6.07, 6.45) is 1.49. The molecule has 1 N–H and O–H groups in total. The first-order valence-electron chi connectivity index (χ1n) is 8.74. The highest BCUT2D eigenvalue weighted by atomic mass is 19.1. The van der Waals surface area contributed by atoms with Gasteiger partial charge in [-0.05, 0) is 24.3 Å². The van der Waals surface area contributed by atoms with Gasteiger partial charge in [0.05, 0.1) is 22.8 Å². The average molecular weight is 396 g/mol. The fourth-order valence-electron chi connectivity index (χ4n) is 3.05. The van der Waals surface area contributed by atoms with Crippen molar-refractivity contribution in [1.29, 1.82) is 0 Å². The maximum Gasteiger partial charge on any atom is 0.252 e. The number of benzene rings is 2. The van der Waals surface area contributed by atoms with E-state index < -0.39 is 23.4 Å². The van der Waals surface area contributed by atoms with E-state index in [0.717, 1.165) is 12.1 Å². The second-order valence-electron chi connectivity index (χ2n) is 6.46. The molecule has 0 saturated carbocycles. The van der Waals surface area contributed by atoms with E-state index in [2.05, 4.69) is 15.4 Å². The minimum Gasteiger partial charge on any atom is -0.348 e. The van der Waals surface area contributed by atoms with Gasteiger partial charge in [0.2, 0.25) is 0 Å². The Bertz CT molecular complexity index is 1240. The third-order valence-electron chi connectivity index (χ3n) is 4.55. The molecule has 0 fully saturated rings. The van der Waals surface area contributed by atoms with Crippen molar-refractivity contribution in [3.05, 3.63) is 83.3 Å². The van der Waals surface area contributed by atoms with Crippen LogP contribution in [0.5, 0.6) is 0 Å². The van der Waals surface area contributed by atoms with Crippen LogP contribution in [0.1, 0.15) is 15.9 Å². The number of halogens is 3. The SMILES string of the molecule is Cn1ncc2c(C(=O)NCc3ccc(F)cc3F)cc(-c3ccccc3F)nc21. The Labute approximate surface area is 163 Å². The molecular weight excluding hydrogens is 381 g/mol. The number of rotatable bonds is 4. The lowest BCUT2D eigenvalue weighted by Gasteiger charge is -2.10. The van der Waals surface area contributed by atoms with E-state index in [9.17, 15) is 18.0 Å². The largest absolute Gasteiger partial charge is 0.348 e. The number of amides is 1. The molecule has 8 heteroatoms. The summed E-state index contributed by atoms with van der Waals surface area (Å²) in [6.45, 7) is -0.135. The third-order valence-corrected chi connectivity index (χ3v) is 4.55. The zero-order valence-corrected chi connectivity index (χ0v) is 15.3. The zero-order chi connectivity index (χ0) is 20.5. The van der Waals surface area contributed by atoms with Crippen molar-refractivity contribution in [3.63, 3.8) is 0 Å². The quantitative estimate of drug-likeness (QED) is 0.568. The highest BCUT2D eigenvalue weighted by Crippen LogP contribution is 2.26. The number of aromatic nitrogens is 3. The lowest BCUT2D eigenvalue weighted by molar-refractivity contribution is 0.0952. The van der Waals surface area contributed by atoms with Crippen LogP contribution in [0.15, 0.2) is 54.7 Å². The van der Waals surface area contributed by atoms with Crippen LogP contribution >= 0.6 is 0 Å². The molecule has 29 heavy (non-hydrogen) atoms. The second kappa shape index (κ2) is 7.38. The number of fused-ring (bicyclic) bond motifs is 1. The van der Waals surface area contributed by atoms with Gasteiger partial charge in [0.15, 0.2) is 5.65 Å². The molecule has 0 spiro atoms. The first-order chi connectivity index (χ1) is 13.9. The number of hydrogen-bond donors (Lipinski definition) is 1. The molecular formula is C21H15F3N4O. The molecule has 0 saturated heterocycles. The molecule has 4 rings (SSSR count). The van der Waals surface area contributed by atoms with Crippen molar-refractivity contribution in [2.24, 2.45) is 7.05 Å². The number of hydrogen-bond acceptors (Lipinski definition) is 3. The van der Waals surface area contributed by atoms with Crippen LogP contribution in [0.3, 0.4) is 0 Å². The van der Waals surface area contributed by atoms with Gasteiger partial charge in [-0.3, -0.25) is 9.48 Å². The number of pyridine rings is 1. The molecule has 0 aliphatic rings. The standard InChI is InChI=1S/C21H15F3N4O/c1-28-20-16(11-26-28)15(9-19(27-20)14-4-2-3-5-17(14)23)21(29)25-10-12-6-7-13(22)8-18(12)24/h2-9,11H,10H2,1H3,(H,25,29). The topological polar surface area (TPSA) is 59.8 Å². The van der Waals surface area contributed by atoms with Crippen molar-refractivity contribution >= 4 is 16.9 Å². The monoisotopic (exact) mass is 396 g/mol. The summed E-state index contributed by atoms with van der Waals surface area (Å²) in [7, 11) is 1.66. The number of nitrogens with zero attached hydrogens (tertiary/aromatic N) is 3. The van der Waals surface area contributed by atoms with Gasteiger partial charge < -0.3 is 5.32 Å². The van der Waals surface area contributed by atoms with Crippen LogP contribution in [0.4, 0.5) is 13.2 Å². The minimum atomic E-state index is -0.751. The molecule has 0 aliphatic carbocycles. The number of aryl methyl sites for hydroxylation is 1. The van der Waals surface area contributed by atoms with Gasteiger partial charge >= 0.3 is 0 Å². The molecule has 1 amide bonds. The van der Waals surface area contributed by atoms with E-state index in [1.807, 2.05) is 0 Å². The molecule has 0 unspecified atom stereocenters. The summed E-state index contributed by atoms with van der Waals surface area (Å²) < 4.78 is 42.6. The van der Waals surface area contributed by atoms with Gasteiger partial charge in [0, 0.05) is 30.8 Å². The lowest BCUT2D eigenvalue weighted by atomic mass is 10.1. The fourth-order valence-corrected chi connectivity index (χ4v) is 3.05. The van der Waals surface area contributed by atoms with Gasteiger partial charge in [0.1, 0.15) is 17.5 Å². The molecule has 5 nitrogen and oxygen atoms in total. The van der Waals surface area contributed by atoms with Gasteiger partial charge in [-0.15, -0.1) is 0 Å². The van der Waals surface area contributed by atoms with Crippen molar-refractivity contribution in [2.45, 2.75) is 6.54 Å². The van der Waals surface area contributed by atoms with E-state index in [0.29, 0.717) is 11.0 Å². The van der Waals surface area contributed by atoms with Crippen molar-refractivity contribution in [3.8, 4) is 11.3 Å². The van der Waals surface area contributed by atoms with E-state index in [1.165, 1.54) is 29.1 Å². The molecule has 146 valence electrons. The third kappa shape index (κ3) is 3.56. The van der Waals surface area contributed by atoms with Crippen molar-refractivity contribution in [1.82, 2.24) is 20.1 Å².